The highest BCUT2D eigenvalue weighted by molar-refractivity contribution is 8.00. The summed E-state index contributed by atoms with van der Waals surface area (Å²) in [6.07, 6.45) is 4.64. The standard InChI is InChI=1S/C19H26N6O2S/c1-14(28-19-21-22-23-25(19)17-4-2-3-5-17)18(26)20-15-6-8-16(9-7-15)24-10-12-27-13-11-24/h6-9,14,17H,2-5,10-13H2,1H3,(H,20,26). The number of carbonyl (C=O) groups excluding carboxylic acids is 1. The first-order valence-corrected chi connectivity index (χ1v) is 10.8. The summed E-state index contributed by atoms with van der Waals surface area (Å²) in [6.45, 7) is 5.20. The Morgan fingerprint density at radius 2 is 1.93 bits per heavy atom. The van der Waals surface area contributed by atoms with Gasteiger partial charge in [0, 0.05) is 24.5 Å². The zero-order chi connectivity index (χ0) is 19.3. The average molecular weight is 403 g/mol. The lowest BCUT2D eigenvalue weighted by atomic mass is 10.2. The van der Waals surface area contributed by atoms with Gasteiger partial charge in [-0.15, -0.1) is 5.10 Å². The SMILES string of the molecule is CC(Sc1nnnn1C1CCCC1)C(=O)Nc1ccc(N2CCOCC2)cc1. The van der Waals surface area contributed by atoms with Crippen LogP contribution in [0.2, 0.25) is 0 Å². The summed E-state index contributed by atoms with van der Waals surface area (Å²) < 4.78 is 7.28. The Kier molecular flexibility index (Phi) is 6.11. The van der Waals surface area contributed by atoms with Crippen molar-refractivity contribution < 1.29 is 9.53 Å². The molecule has 1 aliphatic heterocycles. The van der Waals surface area contributed by atoms with Crippen molar-refractivity contribution in [3.8, 4) is 0 Å². The van der Waals surface area contributed by atoms with Gasteiger partial charge in [0.2, 0.25) is 11.1 Å². The normalized spacial score (nSPS) is 19.0. The van der Waals surface area contributed by atoms with Gasteiger partial charge in [-0.25, -0.2) is 4.68 Å². The number of aromatic nitrogens is 4. The Hall–Kier alpha value is -2.13. The molecule has 0 radical (unpaired) electrons. The minimum atomic E-state index is -0.287. The van der Waals surface area contributed by atoms with Crippen LogP contribution < -0.4 is 10.2 Å². The molecule has 1 aromatic heterocycles. The first kappa shape index (κ1) is 19.2. The van der Waals surface area contributed by atoms with Crippen molar-refractivity contribution in [2.45, 2.75) is 49.1 Å². The molecule has 0 spiro atoms. The zero-order valence-corrected chi connectivity index (χ0v) is 16.9. The van der Waals surface area contributed by atoms with Crippen LogP contribution in [0.5, 0.6) is 0 Å². The molecule has 1 aliphatic carbocycles. The Labute approximate surface area is 169 Å². The zero-order valence-electron chi connectivity index (χ0n) is 16.1. The van der Waals surface area contributed by atoms with Crippen molar-refractivity contribution in [3.63, 3.8) is 0 Å². The van der Waals surface area contributed by atoms with Crippen LogP contribution in [-0.2, 0) is 9.53 Å². The van der Waals surface area contributed by atoms with Crippen molar-refractivity contribution in [1.29, 1.82) is 0 Å². The van der Waals surface area contributed by atoms with E-state index in [1.165, 1.54) is 24.6 Å². The molecule has 1 aromatic carbocycles. The molecule has 1 amide bonds. The summed E-state index contributed by atoms with van der Waals surface area (Å²) in [7, 11) is 0. The molecular formula is C19H26N6O2S. The topological polar surface area (TPSA) is 85.2 Å². The third kappa shape index (κ3) is 4.47. The molecule has 1 unspecified atom stereocenters. The van der Waals surface area contributed by atoms with Crippen LogP contribution in [0.15, 0.2) is 29.4 Å². The fourth-order valence-corrected chi connectivity index (χ4v) is 4.53. The lowest BCUT2D eigenvalue weighted by molar-refractivity contribution is -0.115. The molecule has 9 heteroatoms. The van der Waals surface area contributed by atoms with Crippen LogP contribution in [0.3, 0.4) is 0 Å². The number of benzene rings is 1. The number of nitrogens with zero attached hydrogens (tertiary/aromatic N) is 5. The number of amides is 1. The highest BCUT2D eigenvalue weighted by atomic mass is 32.2. The summed E-state index contributed by atoms with van der Waals surface area (Å²) in [5.74, 6) is -0.0508. The number of rotatable bonds is 6. The van der Waals surface area contributed by atoms with E-state index in [0.29, 0.717) is 6.04 Å². The molecule has 4 rings (SSSR count). The minimum absolute atomic E-state index is 0.0508. The summed E-state index contributed by atoms with van der Waals surface area (Å²) in [6, 6.07) is 8.34. The molecule has 150 valence electrons. The number of ether oxygens (including phenoxy) is 1. The number of nitrogens with one attached hydrogen (secondary N) is 1. The summed E-state index contributed by atoms with van der Waals surface area (Å²) in [5, 5.41) is 15.5. The molecular weight excluding hydrogens is 376 g/mol. The van der Waals surface area contributed by atoms with E-state index >= 15 is 0 Å². The van der Waals surface area contributed by atoms with Crippen LogP contribution in [-0.4, -0.2) is 57.7 Å². The molecule has 1 atom stereocenters. The molecule has 2 aromatic rings. The van der Waals surface area contributed by atoms with Crippen molar-refractivity contribution in [1.82, 2.24) is 20.2 Å². The number of tetrazole rings is 1. The summed E-state index contributed by atoms with van der Waals surface area (Å²) in [4.78, 5) is 14.9. The van der Waals surface area contributed by atoms with Crippen LogP contribution in [0, 0.1) is 0 Å². The summed E-state index contributed by atoms with van der Waals surface area (Å²) >= 11 is 1.41. The van der Waals surface area contributed by atoms with E-state index in [1.54, 1.807) is 0 Å². The molecule has 2 heterocycles. The van der Waals surface area contributed by atoms with E-state index < -0.39 is 0 Å². The Morgan fingerprint density at radius 1 is 1.21 bits per heavy atom. The van der Waals surface area contributed by atoms with Crippen LogP contribution in [0.1, 0.15) is 38.6 Å². The van der Waals surface area contributed by atoms with Gasteiger partial charge in [0.15, 0.2) is 0 Å². The maximum atomic E-state index is 12.6. The van der Waals surface area contributed by atoms with Crippen molar-refractivity contribution in [3.05, 3.63) is 24.3 Å². The van der Waals surface area contributed by atoms with Crippen LogP contribution in [0.25, 0.3) is 0 Å². The number of hydrogen-bond donors (Lipinski definition) is 1. The first-order valence-electron chi connectivity index (χ1n) is 9.89. The average Bonchev–Trinajstić information content (AvgIpc) is 3.41. The monoisotopic (exact) mass is 402 g/mol. The fourth-order valence-electron chi connectivity index (χ4n) is 3.67. The van der Waals surface area contributed by atoms with E-state index in [4.69, 9.17) is 4.74 Å². The van der Waals surface area contributed by atoms with E-state index in [-0.39, 0.29) is 11.2 Å². The maximum absolute atomic E-state index is 12.6. The molecule has 1 N–H and O–H groups in total. The largest absolute Gasteiger partial charge is 0.378 e. The van der Waals surface area contributed by atoms with E-state index in [2.05, 4.69) is 25.7 Å². The van der Waals surface area contributed by atoms with Crippen molar-refractivity contribution in [2.24, 2.45) is 0 Å². The highest BCUT2D eigenvalue weighted by Gasteiger charge is 2.24. The van der Waals surface area contributed by atoms with Gasteiger partial charge in [-0.05, 0) is 54.5 Å². The third-order valence-electron chi connectivity index (χ3n) is 5.30. The van der Waals surface area contributed by atoms with E-state index in [9.17, 15) is 4.79 Å². The number of morpholine rings is 1. The van der Waals surface area contributed by atoms with E-state index in [1.807, 2.05) is 35.9 Å². The van der Waals surface area contributed by atoms with Gasteiger partial charge in [-0.1, -0.05) is 24.6 Å². The van der Waals surface area contributed by atoms with Crippen molar-refractivity contribution in [2.75, 3.05) is 36.5 Å². The second-order valence-electron chi connectivity index (χ2n) is 7.24. The van der Waals surface area contributed by atoms with Crippen LogP contribution in [0.4, 0.5) is 11.4 Å². The maximum Gasteiger partial charge on any atom is 0.237 e. The van der Waals surface area contributed by atoms with Crippen LogP contribution >= 0.6 is 11.8 Å². The molecule has 2 aliphatic rings. The molecule has 8 nitrogen and oxygen atoms in total. The quantitative estimate of drug-likeness (QED) is 0.744. The predicted molar refractivity (Wildman–Crippen MR) is 109 cm³/mol. The van der Waals surface area contributed by atoms with Gasteiger partial charge in [0.25, 0.3) is 0 Å². The first-order chi connectivity index (χ1) is 13.7. The Bertz CT molecular complexity index is 784. The molecule has 2 fully saturated rings. The second-order valence-corrected chi connectivity index (χ2v) is 8.55. The van der Waals surface area contributed by atoms with Gasteiger partial charge in [-0.2, -0.15) is 0 Å². The lowest BCUT2D eigenvalue weighted by Gasteiger charge is -2.28. The highest BCUT2D eigenvalue weighted by Crippen LogP contribution is 2.32. The van der Waals surface area contributed by atoms with E-state index in [0.717, 1.165) is 55.7 Å². The van der Waals surface area contributed by atoms with Crippen molar-refractivity contribution >= 4 is 29.0 Å². The number of hydrogen-bond acceptors (Lipinski definition) is 7. The molecule has 28 heavy (non-hydrogen) atoms. The number of thioether (sulfide) groups is 1. The molecule has 0 bridgehead atoms. The van der Waals surface area contributed by atoms with Gasteiger partial charge >= 0.3 is 0 Å². The smallest absolute Gasteiger partial charge is 0.237 e. The second kappa shape index (κ2) is 8.91. The predicted octanol–water partition coefficient (Wildman–Crippen LogP) is 2.74. The summed E-state index contributed by atoms with van der Waals surface area (Å²) in [5.41, 5.74) is 1.95. The number of anilines is 2. The lowest BCUT2D eigenvalue weighted by Crippen LogP contribution is -2.36. The van der Waals surface area contributed by atoms with Gasteiger partial charge < -0.3 is 15.0 Å². The van der Waals surface area contributed by atoms with Gasteiger partial charge in [0.1, 0.15) is 0 Å². The molecule has 1 saturated heterocycles. The minimum Gasteiger partial charge on any atom is -0.378 e. The molecule has 1 saturated carbocycles. The number of carbonyl (C=O) groups is 1. The fraction of sp³-hybridized carbons (Fsp3) is 0.579. The van der Waals surface area contributed by atoms with Gasteiger partial charge in [0.05, 0.1) is 24.5 Å². The Morgan fingerprint density at radius 3 is 2.64 bits per heavy atom. The van der Waals surface area contributed by atoms with Gasteiger partial charge in [-0.3, -0.25) is 4.79 Å². The Balaban J connectivity index is 1.34. The third-order valence-corrected chi connectivity index (χ3v) is 6.34.